The van der Waals surface area contributed by atoms with Crippen molar-refractivity contribution in [3.8, 4) is 11.1 Å². The molecule has 1 heterocycles. The molecule has 0 aromatic heterocycles. The van der Waals surface area contributed by atoms with E-state index in [1.165, 1.54) is 27.2 Å². The van der Waals surface area contributed by atoms with Crippen LogP contribution >= 0.6 is 0 Å². The molecule has 1 aliphatic carbocycles. The zero-order valence-electron chi connectivity index (χ0n) is 19.5. The van der Waals surface area contributed by atoms with Gasteiger partial charge in [-0.3, -0.25) is 14.5 Å². The Hall–Kier alpha value is -2.94. The summed E-state index contributed by atoms with van der Waals surface area (Å²) in [7, 11) is 0. The van der Waals surface area contributed by atoms with Crippen molar-refractivity contribution in [2.24, 2.45) is 5.92 Å². The molecule has 1 atom stereocenters. The molecule has 5 rings (SSSR count). The number of nitrogens with zero attached hydrogens (tertiary/aromatic N) is 1. The van der Waals surface area contributed by atoms with E-state index in [0.29, 0.717) is 23.6 Å². The minimum absolute atomic E-state index is 0.124. The van der Waals surface area contributed by atoms with Crippen LogP contribution < -0.4 is 0 Å². The smallest absolute Gasteiger partial charge is 0.261 e. The summed E-state index contributed by atoms with van der Waals surface area (Å²) in [5.41, 5.74) is 8.63. The van der Waals surface area contributed by atoms with Crippen molar-refractivity contribution in [3.63, 3.8) is 0 Å². The number of carbonyl (C=O) groups excluding carboxylic acids is 2. The Labute approximate surface area is 190 Å². The maximum atomic E-state index is 13.7. The monoisotopic (exact) mass is 425 g/mol. The van der Waals surface area contributed by atoms with E-state index in [4.69, 9.17) is 0 Å². The Kier molecular flexibility index (Phi) is 5.16. The second-order valence-corrected chi connectivity index (χ2v) is 9.56. The van der Waals surface area contributed by atoms with Crippen LogP contribution in [0, 0.1) is 19.8 Å². The first-order valence-corrected chi connectivity index (χ1v) is 12.0. The molecule has 2 aliphatic rings. The number of imide groups is 1. The molecular weight excluding hydrogens is 394 g/mol. The highest BCUT2D eigenvalue weighted by Crippen LogP contribution is 2.46. The summed E-state index contributed by atoms with van der Waals surface area (Å²) in [6, 6.07) is 12.6. The molecule has 164 valence electrons. The fourth-order valence-electron chi connectivity index (χ4n) is 5.72. The molecule has 0 saturated carbocycles. The molecule has 3 heteroatoms. The van der Waals surface area contributed by atoms with Gasteiger partial charge in [0.25, 0.3) is 11.8 Å². The maximum absolute atomic E-state index is 13.7. The van der Waals surface area contributed by atoms with Gasteiger partial charge in [0.2, 0.25) is 0 Å². The highest BCUT2D eigenvalue weighted by Gasteiger charge is 2.37. The van der Waals surface area contributed by atoms with Gasteiger partial charge in [-0.05, 0) is 83.5 Å². The molecule has 0 saturated heterocycles. The van der Waals surface area contributed by atoms with Crippen molar-refractivity contribution in [2.45, 2.75) is 59.8 Å². The van der Waals surface area contributed by atoms with Crippen LogP contribution in [0.4, 0.5) is 0 Å². The third-order valence-corrected chi connectivity index (χ3v) is 7.52. The van der Waals surface area contributed by atoms with Crippen LogP contribution in [0.3, 0.4) is 0 Å². The van der Waals surface area contributed by atoms with E-state index < -0.39 is 0 Å². The van der Waals surface area contributed by atoms with Crippen LogP contribution in [-0.4, -0.2) is 23.3 Å². The summed E-state index contributed by atoms with van der Waals surface area (Å²) in [5.74, 6) is 0.105. The van der Waals surface area contributed by atoms with Gasteiger partial charge in [0.1, 0.15) is 0 Å². The zero-order valence-corrected chi connectivity index (χ0v) is 19.5. The second kappa shape index (κ2) is 7.88. The van der Waals surface area contributed by atoms with Crippen LogP contribution in [0.2, 0.25) is 0 Å². The number of hydrogen-bond acceptors (Lipinski definition) is 2. The first kappa shape index (κ1) is 20.9. The highest BCUT2D eigenvalue weighted by molar-refractivity contribution is 6.28. The van der Waals surface area contributed by atoms with Gasteiger partial charge in [0.05, 0.1) is 0 Å². The van der Waals surface area contributed by atoms with E-state index >= 15 is 0 Å². The molecular formula is C29H31NO2. The van der Waals surface area contributed by atoms with Gasteiger partial charge in [-0.1, -0.05) is 57.4 Å². The number of unbranched alkanes of at least 4 members (excludes halogenated alkanes) is 1. The van der Waals surface area contributed by atoms with Gasteiger partial charge in [-0.2, -0.15) is 0 Å². The molecule has 2 amide bonds. The van der Waals surface area contributed by atoms with Gasteiger partial charge in [-0.25, -0.2) is 0 Å². The molecule has 32 heavy (non-hydrogen) atoms. The van der Waals surface area contributed by atoms with Crippen molar-refractivity contribution in [2.75, 3.05) is 6.54 Å². The van der Waals surface area contributed by atoms with Crippen LogP contribution in [0.1, 0.15) is 82.5 Å². The molecule has 0 N–H and O–H groups in total. The third kappa shape index (κ3) is 3.02. The molecule has 0 bridgehead atoms. The van der Waals surface area contributed by atoms with E-state index in [-0.39, 0.29) is 11.8 Å². The van der Waals surface area contributed by atoms with Crippen molar-refractivity contribution in [1.29, 1.82) is 0 Å². The van der Waals surface area contributed by atoms with E-state index in [1.807, 2.05) is 12.1 Å². The summed E-state index contributed by atoms with van der Waals surface area (Å²) in [6.45, 7) is 9.06. The zero-order chi connectivity index (χ0) is 22.6. The standard InChI is InChI=1S/C29H31NO2/c1-5-7-10-19(6-2)16-30-28(31)23-13-17(3)22-15-20-11-8-9-12-21(20)25-18(4)14-24(29(30)32)26(23)27(22)25/h8-9,11-14,19H,5-7,10,15-16H2,1-4H3. The number of rotatable bonds is 6. The Morgan fingerprint density at radius 2 is 1.59 bits per heavy atom. The predicted octanol–water partition coefficient (Wildman–Crippen LogP) is 6.84. The molecule has 3 aromatic rings. The lowest BCUT2D eigenvalue weighted by atomic mass is 9.76. The van der Waals surface area contributed by atoms with E-state index in [1.54, 1.807) is 0 Å². The number of aryl methyl sites for hydroxylation is 2. The normalized spacial score (nSPS) is 15.3. The lowest BCUT2D eigenvalue weighted by molar-refractivity contribution is 0.0580. The second-order valence-electron chi connectivity index (χ2n) is 9.56. The predicted molar refractivity (Wildman–Crippen MR) is 130 cm³/mol. The van der Waals surface area contributed by atoms with Crippen LogP contribution in [0.15, 0.2) is 36.4 Å². The Morgan fingerprint density at radius 3 is 2.28 bits per heavy atom. The molecule has 1 unspecified atom stereocenters. The summed E-state index contributed by atoms with van der Waals surface area (Å²) in [6.07, 6.45) is 5.14. The lowest BCUT2D eigenvalue weighted by Gasteiger charge is -2.33. The SMILES string of the molecule is CCCCC(CC)CN1C(=O)c2cc(C)c3c4c(c(C)cc(c24)C1=O)-c1ccccc1C3. The Bertz CT molecular complexity index is 1250. The molecule has 0 spiro atoms. The Morgan fingerprint density at radius 1 is 0.906 bits per heavy atom. The van der Waals surface area contributed by atoms with Crippen LogP contribution in [-0.2, 0) is 6.42 Å². The number of hydrogen-bond donors (Lipinski definition) is 0. The van der Waals surface area contributed by atoms with Crippen molar-refractivity contribution >= 4 is 22.6 Å². The van der Waals surface area contributed by atoms with Crippen LogP contribution in [0.25, 0.3) is 21.9 Å². The summed E-state index contributed by atoms with van der Waals surface area (Å²) < 4.78 is 0. The molecule has 0 radical (unpaired) electrons. The first-order valence-electron chi connectivity index (χ1n) is 12.0. The molecule has 3 aromatic carbocycles. The number of benzene rings is 3. The minimum atomic E-state index is -0.124. The lowest BCUT2D eigenvalue weighted by Crippen LogP contribution is -2.43. The van der Waals surface area contributed by atoms with Crippen molar-refractivity contribution < 1.29 is 9.59 Å². The topological polar surface area (TPSA) is 37.4 Å². The van der Waals surface area contributed by atoms with Gasteiger partial charge < -0.3 is 0 Å². The largest absolute Gasteiger partial charge is 0.274 e. The summed E-state index contributed by atoms with van der Waals surface area (Å²) >= 11 is 0. The summed E-state index contributed by atoms with van der Waals surface area (Å²) in [5, 5.41) is 1.99. The van der Waals surface area contributed by atoms with Gasteiger partial charge in [-0.15, -0.1) is 0 Å². The van der Waals surface area contributed by atoms with Crippen LogP contribution in [0.5, 0.6) is 0 Å². The number of carbonyl (C=O) groups is 2. The third-order valence-electron chi connectivity index (χ3n) is 7.52. The fraction of sp³-hybridized carbons (Fsp3) is 0.379. The number of fused-ring (bicyclic) bond motifs is 2. The maximum Gasteiger partial charge on any atom is 0.261 e. The molecule has 1 aliphatic heterocycles. The number of amides is 2. The van der Waals surface area contributed by atoms with Gasteiger partial charge in [0, 0.05) is 23.1 Å². The van der Waals surface area contributed by atoms with E-state index in [9.17, 15) is 9.59 Å². The average Bonchev–Trinajstić information content (AvgIpc) is 2.80. The van der Waals surface area contributed by atoms with Crippen molar-refractivity contribution in [3.05, 3.63) is 69.8 Å². The fourth-order valence-corrected chi connectivity index (χ4v) is 5.72. The quantitative estimate of drug-likeness (QED) is 0.317. The van der Waals surface area contributed by atoms with Crippen molar-refractivity contribution in [1.82, 2.24) is 4.90 Å². The highest BCUT2D eigenvalue weighted by atomic mass is 16.2. The first-order chi connectivity index (χ1) is 15.5. The Balaban J connectivity index is 1.71. The molecule has 3 nitrogen and oxygen atoms in total. The van der Waals surface area contributed by atoms with Gasteiger partial charge in [0.15, 0.2) is 0 Å². The average molecular weight is 426 g/mol. The van der Waals surface area contributed by atoms with E-state index in [2.05, 4.69) is 52.0 Å². The summed E-state index contributed by atoms with van der Waals surface area (Å²) in [4.78, 5) is 28.8. The van der Waals surface area contributed by atoms with Gasteiger partial charge >= 0.3 is 0 Å². The van der Waals surface area contributed by atoms with E-state index in [0.717, 1.165) is 54.0 Å². The minimum Gasteiger partial charge on any atom is -0.274 e. The molecule has 0 fully saturated rings.